The summed E-state index contributed by atoms with van der Waals surface area (Å²) in [5, 5.41) is 3.97. The molecule has 3 aromatic rings. The first-order chi connectivity index (χ1) is 13.3. The largest absolute Gasteiger partial charge is 0.338 e. The van der Waals surface area contributed by atoms with Gasteiger partial charge in [0.05, 0.1) is 11.4 Å². The van der Waals surface area contributed by atoms with E-state index in [2.05, 4.69) is 16.7 Å². The Hall–Kier alpha value is -2.77. The highest BCUT2D eigenvalue weighted by Crippen LogP contribution is 2.26. The normalized spacial score (nSPS) is 11.7. The van der Waals surface area contributed by atoms with Crippen LogP contribution in [0.2, 0.25) is 0 Å². The third kappa shape index (κ3) is 4.05. The molecule has 1 aromatic heterocycles. The summed E-state index contributed by atoms with van der Waals surface area (Å²) in [6.07, 6.45) is 1.55. The Morgan fingerprint density at radius 2 is 1.75 bits per heavy atom. The zero-order chi connectivity index (χ0) is 20.3. The second kappa shape index (κ2) is 8.08. The van der Waals surface area contributed by atoms with Gasteiger partial charge in [-0.25, -0.2) is 8.42 Å². The predicted octanol–water partition coefficient (Wildman–Crippen LogP) is 4.04. The summed E-state index contributed by atoms with van der Waals surface area (Å²) in [4.78, 5) is 4.66. The summed E-state index contributed by atoms with van der Waals surface area (Å²) < 4.78 is 33.3. The van der Waals surface area contributed by atoms with Crippen LogP contribution in [0.4, 0.5) is 0 Å². The number of hydrogen-bond donors (Lipinski definition) is 0. The van der Waals surface area contributed by atoms with Crippen LogP contribution in [-0.4, -0.2) is 29.4 Å². The van der Waals surface area contributed by atoms with Crippen molar-refractivity contribution in [1.29, 1.82) is 0 Å². The van der Waals surface area contributed by atoms with E-state index in [0.29, 0.717) is 21.8 Å². The molecule has 0 atom stereocenters. The molecule has 0 aliphatic carbocycles. The van der Waals surface area contributed by atoms with Crippen LogP contribution in [0, 0.1) is 20.8 Å². The van der Waals surface area contributed by atoms with Crippen LogP contribution in [0.5, 0.6) is 0 Å². The molecule has 6 nitrogen and oxygen atoms in total. The SMILES string of the molecule is C=CCN(Cc1nc(-c2ccccc2)no1)S(=O)(=O)c1c(C)cc(C)cc1C. The minimum atomic E-state index is -3.76. The van der Waals surface area contributed by atoms with Gasteiger partial charge in [0.15, 0.2) is 0 Å². The van der Waals surface area contributed by atoms with Gasteiger partial charge in [0.25, 0.3) is 0 Å². The molecule has 28 heavy (non-hydrogen) atoms. The van der Waals surface area contributed by atoms with E-state index in [4.69, 9.17) is 4.52 Å². The Morgan fingerprint density at radius 3 is 2.36 bits per heavy atom. The number of hydrogen-bond acceptors (Lipinski definition) is 5. The highest BCUT2D eigenvalue weighted by molar-refractivity contribution is 7.89. The summed E-state index contributed by atoms with van der Waals surface area (Å²) in [6.45, 7) is 9.35. The van der Waals surface area contributed by atoms with Crippen LogP contribution in [0.3, 0.4) is 0 Å². The van der Waals surface area contributed by atoms with Crippen LogP contribution < -0.4 is 0 Å². The monoisotopic (exact) mass is 397 g/mol. The lowest BCUT2D eigenvalue weighted by Gasteiger charge is -2.22. The van der Waals surface area contributed by atoms with Crippen LogP contribution in [0.25, 0.3) is 11.4 Å². The number of benzene rings is 2. The molecule has 0 saturated carbocycles. The molecule has 0 N–H and O–H groups in total. The second-order valence-corrected chi connectivity index (χ2v) is 8.57. The van der Waals surface area contributed by atoms with Crippen molar-refractivity contribution in [1.82, 2.24) is 14.4 Å². The lowest BCUT2D eigenvalue weighted by Crippen LogP contribution is -2.32. The minimum absolute atomic E-state index is 0.0268. The second-order valence-electron chi connectivity index (χ2n) is 6.69. The predicted molar refractivity (Wildman–Crippen MR) is 108 cm³/mol. The van der Waals surface area contributed by atoms with Gasteiger partial charge in [-0.1, -0.05) is 59.3 Å². The van der Waals surface area contributed by atoms with E-state index in [0.717, 1.165) is 11.1 Å². The summed E-state index contributed by atoms with van der Waals surface area (Å²) in [5.41, 5.74) is 3.25. The maximum Gasteiger partial charge on any atom is 0.244 e. The van der Waals surface area contributed by atoms with Gasteiger partial charge in [0, 0.05) is 12.1 Å². The average molecular weight is 398 g/mol. The molecule has 2 aromatic carbocycles. The molecule has 0 spiro atoms. The van der Waals surface area contributed by atoms with E-state index in [9.17, 15) is 8.42 Å². The highest BCUT2D eigenvalue weighted by atomic mass is 32.2. The topological polar surface area (TPSA) is 76.3 Å². The number of aryl methyl sites for hydroxylation is 3. The molecule has 7 heteroatoms. The highest BCUT2D eigenvalue weighted by Gasteiger charge is 2.29. The van der Waals surface area contributed by atoms with Gasteiger partial charge < -0.3 is 4.52 Å². The molecule has 0 radical (unpaired) electrons. The fourth-order valence-corrected chi connectivity index (χ4v) is 5.04. The van der Waals surface area contributed by atoms with E-state index >= 15 is 0 Å². The van der Waals surface area contributed by atoms with Gasteiger partial charge in [0.2, 0.25) is 21.7 Å². The number of aromatic nitrogens is 2. The molecule has 0 saturated heterocycles. The molecule has 0 fully saturated rings. The Bertz CT molecular complexity index is 1070. The zero-order valence-corrected chi connectivity index (χ0v) is 17.0. The molecule has 0 aliphatic heterocycles. The standard InChI is InChI=1S/C21H23N3O3S/c1-5-11-24(28(25,26)20-16(3)12-15(2)13-17(20)4)14-19-22-21(23-27-19)18-9-7-6-8-10-18/h5-10,12-13H,1,11,14H2,2-4H3. The molecule has 146 valence electrons. The van der Waals surface area contributed by atoms with Crippen LogP contribution >= 0.6 is 0 Å². The molecular weight excluding hydrogens is 374 g/mol. The van der Waals surface area contributed by atoms with Gasteiger partial charge in [-0.15, -0.1) is 6.58 Å². The van der Waals surface area contributed by atoms with Gasteiger partial charge in [0.1, 0.15) is 0 Å². The summed E-state index contributed by atoms with van der Waals surface area (Å²) >= 11 is 0. The van der Waals surface area contributed by atoms with E-state index in [1.54, 1.807) is 19.9 Å². The molecule has 0 unspecified atom stereocenters. The van der Waals surface area contributed by atoms with Crippen molar-refractivity contribution in [3.05, 3.63) is 77.7 Å². The van der Waals surface area contributed by atoms with Crippen molar-refractivity contribution in [3.8, 4) is 11.4 Å². The first-order valence-corrected chi connectivity index (χ1v) is 10.3. The summed E-state index contributed by atoms with van der Waals surface area (Å²) in [7, 11) is -3.76. The van der Waals surface area contributed by atoms with Gasteiger partial charge in [-0.2, -0.15) is 9.29 Å². The van der Waals surface area contributed by atoms with Gasteiger partial charge >= 0.3 is 0 Å². The lowest BCUT2D eigenvalue weighted by molar-refractivity contribution is 0.327. The molecule has 0 aliphatic rings. The molecule has 1 heterocycles. The van der Waals surface area contributed by atoms with Crippen LogP contribution in [0.15, 0.2) is 64.5 Å². The number of rotatable bonds is 7. The van der Waals surface area contributed by atoms with Crippen molar-refractivity contribution in [3.63, 3.8) is 0 Å². The molecule has 3 rings (SSSR count). The number of sulfonamides is 1. The Labute approximate surface area is 165 Å². The third-order valence-corrected chi connectivity index (χ3v) is 6.46. The molecule has 0 bridgehead atoms. The quantitative estimate of drug-likeness (QED) is 0.563. The fraction of sp³-hybridized carbons (Fsp3) is 0.238. The van der Waals surface area contributed by atoms with Crippen molar-refractivity contribution in [2.75, 3.05) is 6.54 Å². The molecular formula is C21H23N3O3S. The van der Waals surface area contributed by atoms with Crippen LogP contribution in [-0.2, 0) is 16.6 Å². The smallest absolute Gasteiger partial charge is 0.244 e. The van der Waals surface area contributed by atoms with E-state index < -0.39 is 10.0 Å². The first kappa shape index (κ1) is 20.0. The number of nitrogens with zero attached hydrogens (tertiary/aromatic N) is 3. The van der Waals surface area contributed by atoms with Crippen LogP contribution in [0.1, 0.15) is 22.6 Å². The molecule has 0 amide bonds. The van der Waals surface area contributed by atoms with Crippen molar-refractivity contribution in [2.45, 2.75) is 32.2 Å². The van der Waals surface area contributed by atoms with E-state index in [1.807, 2.05) is 49.4 Å². The lowest BCUT2D eigenvalue weighted by atomic mass is 10.1. The van der Waals surface area contributed by atoms with E-state index in [-0.39, 0.29) is 19.0 Å². The Balaban J connectivity index is 1.94. The van der Waals surface area contributed by atoms with Crippen molar-refractivity contribution in [2.24, 2.45) is 0 Å². The van der Waals surface area contributed by atoms with Crippen molar-refractivity contribution >= 4 is 10.0 Å². The minimum Gasteiger partial charge on any atom is -0.338 e. The average Bonchev–Trinajstić information content (AvgIpc) is 3.09. The Kier molecular flexibility index (Phi) is 5.76. The maximum atomic E-state index is 13.3. The summed E-state index contributed by atoms with van der Waals surface area (Å²) in [5.74, 6) is 0.654. The zero-order valence-electron chi connectivity index (χ0n) is 16.2. The first-order valence-electron chi connectivity index (χ1n) is 8.90. The Morgan fingerprint density at radius 1 is 1.11 bits per heavy atom. The third-order valence-electron chi connectivity index (χ3n) is 4.35. The summed E-state index contributed by atoms with van der Waals surface area (Å²) in [6, 6.07) is 13.1. The maximum absolute atomic E-state index is 13.3. The van der Waals surface area contributed by atoms with Crippen molar-refractivity contribution < 1.29 is 12.9 Å². The van der Waals surface area contributed by atoms with Gasteiger partial charge in [-0.3, -0.25) is 0 Å². The van der Waals surface area contributed by atoms with E-state index in [1.165, 1.54) is 4.31 Å². The fourth-order valence-electron chi connectivity index (χ4n) is 3.27. The van der Waals surface area contributed by atoms with Gasteiger partial charge in [-0.05, 0) is 31.9 Å².